The first-order valence-corrected chi connectivity index (χ1v) is 15.3. The van der Waals surface area contributed by atoms with E-state index >= 15 is 0 Å². The average molecular weight is 595 g/mol. The van der Waals surface area contributed by atoms with Gasteiger partial charge in [0.15, 0.2) is 11.5 Å². The molecule has 1 amide bonds. The van der Waals surface area contributed by atoms with Gasteiger partial charge in [0.1, 0.15) is 12.1 Å². The standard InChI is InChI=1S/C35H38N4O5/c1-42-31-19-27-30(20-32(31)43-18-17-29(36)35(41)44-26-9-5-6-10-26)37-21-28(22-11-12-22)33(27)38-24-13-15-25(16-14-24)39-34(40)23-7-3-2-4-8-23/h2-4,7-8,13-16,19-22,26,29H,5-6,9-12,17-18,36H2,1H3,(H,37,38)(H,39,40)/t29-/m0/s1. The predicted molar refractivity (Wildman–Crippen MR) is 171 cm³/mol. The summed E-state index contributed by atoms with van der Waals surface area (Å²) in [4.78, 5) is 29.7. The minimum atomic E-state index is -0.741. The SMILES string of the molecule is COc1cc2c(Nc3ccc(NC(=O)c4ccccc4)cc3)c(C3CC3)cnc2cc1OCC[C@H](N)C(=O)OC1CCCC1. The molecule has 44 heavy (non-hydrogen) atoms. The largest absolute Gasteiger partial charge is 0.493 e. The summed E-state index contributed by atoms with van der Waals surface area (Å²) in [6, 6.07) is 19.8. The van der Waals surface area contributed by atoms with E-state index < -0.39 is 6.04 Å². The molecule has 4 aromatic rings. The van der Waals surface area contributed by atoms with Crippen LogP contribution in [-0.2, 0) is 9.53 Å². The number of ether oxygens (including phenoxy) is 3. The Morgan fingerprint density at radius 1 is 0.955 bits per heavy atom. The molecular weight excluding hydrogens is 556 g/mol. The molecule has 1 atom stereocenters. The lowest BCUT2D eigenvalue weighted by Crippen LogP contribution is -2.35. The highest BCUT2D eigenvalue weighted by Crippen LogP contribution is 2.47. The third-order valence-electron chi connectivity index (χ3n) is 8.22. The Morgan fingerprint density at radius 3 is 2.39 bits per heavy atom. The second kappa shape index (κ2) is 13.3. The fourth-order valence-corrected chi connectivity index (χ4v) is 5.58. The van der Waals surface area contributed by atoms with Crippen molar-refractivity contribution < 1.29 is 23.8 Å². The number of hydrogen-bond acceptors (Lipinski definition) is 8. The van der Waals surface area contributed by atoms with Gasteiger partial charge in [0.05, 0.1) is 24.9 Å². The molecule has 2 aliphatic rings. The van der Waals surface area contributed by atoms with Crippen LogP contribution >= 0.6 is 0 Å². The second-order valence-electron chi connectivity index (χ2n) is 11.5. The Balaban J connectivity index is 1.16. The van der Waals surface area contributed by atoms with E-state index in [4.69, 9.17) is 24.9 Å². The number of nitrogens with two attached hydrogens (primary N) is 1. The minimum absolute atomic E-state index is 0.0112. The van der Waals surface area contributed by atoms with Crippen LogP contribution in [0.2, 0.25) is 0 Å². The summed E-state index contributed by atoms with van der Waals surface area (Å²) < 4.78 is 17.3. The molecular formula is C35H38N4O5. The summed E-state index contributed by atoms with van der Waals surface area (Å²) >= 11 is 0. The smallest absolute Gasteiger partial charge is 0.323 e. The number of fused-ring (bicyclic) bond motifs is 1. The van der Waals surface area contributed by atoms with E-state index in [0.717, 1.165) is 66.4 Å². The summed E-state index contributed by atoms with van der Waals surface area (Å²) in [7, 11) is 1.60. The van der Waals surface area contributed by atoms with E-state index in [1.54, 1.807) is 19.2 Å². The van der Waals surface area contributed by atoms with Crippen molar-refractivity contribution in [2.24, 2.45) is 5.73 Å². The topological polar surface area (TPSA) is 125 Å². The Hall–Kier alpha value is -4.63. The fourth-order valence-electron chi connectivity index (χ4n) is 5.58. The van der Waals surface area contributed by atoms with Crippen molar-refractivity contribution in [3.05, 3.63) is 84.1 Å². The van der Waals surface area contributed by atoms with E-state index in [2.05, 4.69) is 10.6 Å². The number of anilines is 3. The van der Waals surface area contributed by atoms with Gasteiger partial charge in [-0.05, 0) is 92.5 Å². The molecule has 0 radical (unpaired) electrons. The van der Waals surface area contributed by atoms with Crippen molar-refractivity contribution in [3.8, 4) is 11.5 Å². The summed E-state index contributed by atoms with van der Waals surface area (Å²) in [6.07, 6.45) is 8.49. The Kier molecular flexibility index (Phi) is 8.93. The van der Waals surface area contributed by atoms with Crippen LogP contribution in [0.4, 0.5) is 17.1 Å². The van der Waals surface area contributed by atoms with Crippen molar-refractivity contribution in [1.82, 2.24) is 4.98 Å². The highest BCUT2D eigenvalue weighted by atomic mass is 16.5. The molecule has 228 valence electrons. The third kappa shape index (κ3) is 6.94. The molecule has 0 bridgehead atoms. The van der Waals surface area contributed by atoms with E-state index in [1.807, 2.05) is 60.8 Å². The maximum absolute atomic E-state index is 12.6. The van der Waals surface area contributed by atoms with Crippen molar-refractivity contribution >= 4 is 39.8 Å². The van der Waals surface area contributed by atoms with Gasteiger partial charge in [0.2, 0.25) is 0 Å². The van der Waals surface area contributed by atoms with Crippen LogP contribution in [0.25, 0.3) is 10.9 Å². The van der Waals surface area contributed by atoms with E-state index in [0.29, 0.717) is 35.1 Å². The normalized spacial score (nSPS) is 15.5. The number of rotatable bonds is 12. The summed E-state index contributed by atoms with van der Waals surface area (Å²) in [5.74, 6) is 1.02. The molecule has 0 saturated heterocycles. The monoisotopic (exact) mass is 594 g/mol. The van der Waals surface area contributed by atoms with Crippen molar-refractivity contribution in [2.75, 3.05) is 24.4 Å². The van der Waals surface area contributed by atoms with Crippen LogP contribution in [0.15, 0.2) is 72.9 Å². The lowest BCUT2D eigenvalue weighted by atomic mass is 10.0. The Morgan fingerprint density at radius 2 is 1.68 bits per heavy atom. The zero-order valence-corrected chi connectivity index (χ0v) is 24.9. The molecule has 4 N–H and O–H groups in total. The van der Waals surface area contributed by atoms with Crippen molar-refractivity contribution in [1.29, 1.82) is 0 Å². The number of amides is 1. The number of benzene rings is 3. The zero-order valence-electron chi connectivity index (χ0n) is 24.9. The maximum Gasteiger partial charge on any atom is 0.323 e. The molecule has 0 spiro atoms. The van der Waals surface area contributed by atoms with Crippen LogP contribution in [0.5, 0.6) is 11.5 Å². The highest BCUT2D eigenvalue weighted by molar-refractivity contribution is 6.04. The van der Waals surface area contributed by atoms with E-state index in [-0.39, 0.29) is 24.6 Å². The molecule has 0 aliphatic heterocycles. The highest BCUT2D eigenvalue weighted by Gasteiger charge is 2.28. The predicted octanol–water partition coefficient (Wildman–Crippen LogP) is 6.70. The number of carbonyl (C=O) groups excluding carboxylic acids is 2. The van der Waals surface area contributed by atoms with Gasteiger partial charge in [-0.1, -0.05) is 18.2 Å². The molecule has 1 aromatic heterocycles. The van der Waals surface area contributed by atoms with Gasteiger partial charge in [-0.25, -0.2) is 0 Å². The number of carbonyl (C=O) groups is 2. The van der Waals surface area contributed by atoms with Crippen molar-refractivity contribution in [2.45, 2.75) is 63.0 Å². The quantitative estimate of drug-likeness (QED) is 0.155. The van der Waals surface area contributed by atoms with Crippen molar-refractivity contribution in [3.63, 3.8) is 0 Å². The molecule has 2 saturated carbocycles. The number of nitrogens with one attached hydrogen (secondary N) is 2. The van der Waals surface area contributed by atoms with Gasteiger partial charge in [-0.15, -0.1) is 0 Å². The average Bonchev–Trinajstić information content (AvgIpc) is 3.77. The van der Waals surface area contributed by atoms with Gasteiger partial charge in [0.25, 0.3) is 5.91 Å². The van der Waals surface area contributed by atoms with Crippen LogP contribution in [0.3, 0.4) is 0 Å². The first kappa shape index (κ1) is 29.4. The molecule has 0 unspecified atom stereocenters. The van der Waals surface area contributed by atoms with Gasteiger partial charge < -0.3 is 30.6 Å². The van der Waals surface area contributed by atoms with Crippen LogP contribution in [0.1, 0.15) is 66.8 Å². The fraction of sp³-hybridized carbons (Fsp3) is 0.343. The molecule has 6 rings (SSSR count). The number of aromatic nitrogens is 1. The lowest BCUT2D eigenvalue weighted by molar-refractivity contribution is -0.150. The molecule has 3 aromatic carbocycles. The number of nitrogens with zero attached hydrogens (tertiary/aromatic N) is 1. The first-order chi connectivity index (χ1) is 21.5. The van der Waals surface area contributed by atoms with Crippen LogP contribution in [0, 0.1) is 0 Å². The molecule has 2 aliphatic carbocycles. The second-order valence-corrected chi connectivity index (χ2v) is 11.5. The lowest BCUT2D eigenvalue weighted by Gasteiger charge is -2.18. The molecule has 9 heteroatoms. The molecule has 1 heterocycles. The number of esters is 1. The van der Waals surface area contributed by atoms with E-state index in [9.17, 15) is 9.59 Å². The number of pyridine rings is 1. The third-order valence-corrected chi connectivity index (χ3v) is 8.22. The van der Waals surface area contributed by atoms with E-state index in [1.165, 1.54) is 0 Å². The molecule has 2 fully saturated rings. The van der Waals surface area contributed by atoms with Gasteiger partial charge in [0, 0.05) is 41.0 Å². The summed E-state index contributed by atoms with van der Waals surface area (Å²) in [5.41, 5.74) is 11.2. The van der Waals surface area contributed by atoms with Gasteiger partial charge in [-0.3, -0.25) is 14.6 Å². The van der Waals surface area contributed by atoms with Crippen LogP contribution < -0.4 is 25.8 Å². The van der Waals surface area contributed by atoms with Gasteiger partial charge >= 0.3 is 5.97 Å². The number of methoxy groups -OCH3 is 1. The van der Waals surface area contributed by atoms with Crippen LogP contribution in [-0.4, -0.2) is 42.7 Å². The Bertz CT molecular complexity index is 1620. The zero-order chi connectivity index (χ0) is 30.5. The Labute approximate surface area is 257 Å². The van der Waals surface area contributed by atoms with Gasteiger partial charge in [-0.2, -0.15) is 0 Å². The molecule has 9 nitrogen and oxygen atoms in total. The minimum Gasteiger partial charge on any atom is -0.493 e. The summed E-state index contributed by atoms with van der Waals surface area (Å²) in [5, 5.41) is 7.46. The maximum atomic E-state index is 12.6. The summed E-state index contributed by atoms with van der Waals surface area (Å²) in [6.45, 7) is 0.237. The number of hydrogen-bond donors (Lipinski definition) is 3. The first-order valence-electron chi connectivity index (χ1n) is 15.3.